The Labute approximate surface area is 178 Å². The van der Waals surface area contributed by atoms with Crippen molar-refractivity contribution >= 4 is 40.0 Å². The van der Waals surface area contributed by atoms with Gasteiger partial charge in [-0.25, -0.2) is 4.98 Å². The van der Waals surface area contributed by atoms with Crippen LogP contribution >= 0.6 is 23.4 Å². The first-order chi connectivity index (χ1) is 14.0. The Balaban J connectivity index is 1.81. The lowest BCUT2D eigenvalue weighted by Crippen LogP contribution is -2.22. The second-order valence-corrected chi connectivity index (χ2v) is 8.26. The van der Waals surface area contributed by atoms with Gasteiger partial charge in [0.2, 0.25) is 0 Å². The molecule has 0 amide bonds. The number of benzene rings is 3. The fraction of sp³-hybridized carbons (Fsp3) is 0.130. The van der Waals surface area contributed by atoms with Crippen LogP contribution < -0.4 is 10.5 Å². The van der Waals surface area contributed by atoms with E-state index < -0.39 is 0 Å². The maximum absolute atomic E-state index is 13.3. The van der Waals surface area contributed by atoms with Crippen LogP contribution in [0.5, 0.6) is 0 Å². The summed E-state index contributed by atoms with van der Waals surface area (Å²) in [4.78, 5) is 20.1. The highest BCUT2D eigenvalue weighted by Gasteiger charge is 2.14. The summed E-state index contributed by atoms with van der Waals surface area (Å²) in [5.74, 6) is 0.668. The van der Waals surface area contributed by atoms with Crippen LogP contribution in [0.2, 0.25) is 5.02 Å². The first-order valence-electron chi connectivity index (χ1n) is 9.20. The van der Waals surface area contributed by atoms with Gasteiger partial charge < -0.3 is 4.90 Å². The maximum atomic E-state index is 13.3. The smallest absolute Gasteiger partial charge is 0.266 e. The predicted molar refractivity (Wildman–Crippen MR) is 123 cm³/mol. The zero-order chi connectivity index (χ0) is 20.4. The van der Waals surface area contributed by atoms with Crippen LogP contribution in [0, 0.1) is 0 Å². The average molecular weight is 422 g/mol. The zero-order valence-electron chi connectivity index (χ0n) is 16.2. The number of aromatic nitrogens is 2. The van der Waals surface area contributed by atoms with Crippen molar-refractivity contribution in [2.75, 3.05) is 19.0 Å². The van der Waals surface area contributed by atoms with E-state index in [9.17, 15) is 4.79 Å². The van der Waals surface area contributed by atoms with Crippen LogP contribution in [0.1, 0.15) is 5.56 Å². The molecule has 0 spiro atoms. The minimum absolute atomic E-state index is 0.0678. The van der Waals surface area contributed by atoms with Crippen LogP contribution in [-0.4, -0.2) is 23.6 Å². The van der Waals surface area contributed by atoms with Gasteiger partial charge in [-0.05, 0) is 54.1 Å². The van der Waals surface area contributed by atoms with Gasteiger partial charge in [0.05, 0.1) is 16.6 Å². The molecule has 4 nitrogen and oxygen atoms in total. The highest BCUT2D eigenvalue weighted by Crippen LogP contribution is 2.26. The minimum Gasteiger partial charge on any atom is -0.378 e. The molecule has 0 unspecified atom stereocenters. The SMILES string of the molecule is CN(C)c1ccc(-n2c(SCc3cccc(Cl)c3)nc3ccccc3c2=O)cc1. The molecule has 0 aliphatic carbocycles. The molecule has 29 heavy (non-hydrogen) atoms. The van der Waals surface area contributed by atoms with Crippen molar-refractivity contribution < 1.29 is 0 Å². The molecule has 4 aromatic rings. The molecule has 0 aliphatic rings. The molecule has 6 heteroatoms. The number of fused-ring (bicyclic) bond motifs is 1. The summed E-state index contributed by atoms with van der Waals surface area (Å²) >= 11 is 7.64. The number of rotatable bonds is 5. The lowest BCUT2D eigenvalue weighted by atomic mass is 10.2. The van der Waals surface area contributed by atoms with Gasteiger partial charge in [-0.15, -0.1) is 0 Å². The second kappa shape index (κ2) is 8.31. The van der Waals surface area contributed by atoms with Crippen LogP contribution in [0.25, 0.3) is 16.6 Å². The first kappa shape index (κ1) is 19.6. The van der Waals surface area contributed by atoms with Crippen molar-refractivity contribution in [2.24, 2.45) is 0 Å². The first-order valence-corrected chi connectivity index (χ1v) is 10.6. The Morgan fingerprint density at radius 3 is 2.48 bits per heavy atom. The Kier molecular flexibility index (Phi) is 5.60. The van der Waals surface area contributed by atoms with Gasteiger partial charge in [-0.3, -0.25) is 9.36 Å². The molecule has 3 aromatic carbocycles. The fourth-order valence-corrected chi connectivity index (χ4v) is 4.28. The van der Waals surface area contributed by atoms with E-state index >= 15 is 0 Å². The van der Waals surface area contributed by atoms with Gasteiger partial charge in [-0.2, -0.15) is 0 Å². The van der Waals surface area contributed by atoms with E-state index in [0.29, 0.717) is 26.8 Å². The highest BCUT2D eigenvalue weighted by molar-refractivity contribution is 7.98. The molecule has 0 N–H and O–H groups in total. The van der Waals surface area contributed by atoms with E-state index in [2.05, 4.69) is 0 Å². The number of hydrogen-bond acceptors (Lipinski definition) is 4. The van der Waals surface area contributed by atoms with E-state index in [-0.39, 0.29) is 5.56 Å². The summed E-state index contributed by atoms with van der Waals surface area (Å²) in [6.45, 7) is 0. The molecule has 0 fully saturated rings. The number of halogens is 1. The molecule has 0 atom stereocenters. The van der Waals surface area contributed by atoms with Crippen molar-refractivity contribution in [3.8, 4) is 5.69 Å². The Hall–Kier alpha value is -2.76. The Morgan fingerprint density at radius 1 is 1.00 bits per heavy atom. The van der Waals surface area contributed by atoms with Gasteiger partial charge >= 0.3 is 0 Å². The number of para-hydroxylation sites is 1. The molecule has 0 saturated heterocycles. The maximum Gasteiger partial charge on any atom is 0.266 e. The molecule has 0 radical (unpaired) electrons. The number of nitrogens with zero attached hydrogens (tertiary/aromatic N) is 3. The fourth-order valence-electron chi connectivity index (χ4n) is 3.11. The van der Waals surface area contributed by atoms with Gasteiger partial charge in [0.25, 0.3) is 5.56 Å². The molecule has 4 rings (SSSR count). The van der Waals surface area contributed by atoms with Crippen LogP contribution in [-0.2, 0) is 5.75 Å². The van der Waals surface area contributed by atoms with Crippen molar-refractivity contribution in [1.29, 1.82) is 0 Å². The monoisotopic (exact) mass is 421 g/mol. The molecule has 0 bridgehead atoms. The van der Waals surface area contributed by atoms with E-state index in [1.54, 1.807) is 4.57 Å². The lowest BCUT2D eigenvalue weighted by Gasteiger charge is -2.16. The van der Waals surface area contributed by atoms with Crippen molar-refractivity contribution in [3.63, 3.8) is 0 Å². The normalized spacial score (nSPS) is 11.0. The molecule has 146 valence electrons. The zero-order valence-corrected chi connectivity index (χ0v) is 17.7. The summed E-state index contributed by atoms with van der Waals surface area (Å²) < 4.78 is 1.69. The highest BCUT2D eigenvalue weighted by atomic mass is 35.5. The number of hydrogen-bond donors (Lipinski definition) is 0. The quantitative estimate of drug-likeness (QED) is 0.319. The summed E-state index contributed by atoms with van der Waals surface area (Å²) in [5, 5.41) is 1.97. The molecular weight excluding hydrogens is 402 g/mol. The Morgan fingerprint density at radius 2 is 1.76 bits per heavy atom. The topological polar surface area (TPSA) is 38.1 Å². The van der Waals surface area contributed by atoms with Gasteiger partial charge in [-0.1, -0.05) is 47.6 Å². The molecule has 1 aromatic heterocycles. The number of thioether (sulfide) groups is 1. The van der Waals surface area contributed by atoms with Crippen molar-refractivity contribution in [1.82, 2.24) is 9.55 Å². The van der Waals surface area contributed by atoms with E-state index in [0.717, 1.165) is 16.9 Å². The van der Waals surface area contributed by atoms with Crippen LogP contribution in [0.15, 0.2) is 82.7 Å². The van der Waals surface area contributed by atoms with Gasteiger partial charge in [0.15, 0.2) is 5.16 Å². The third-order valence-electron chi connectivity index (χ3n) is 4.63. The Bertz CT molecular complexity index is 1220. The molecule has 0 aliphatic heterocycles. The van der Waals surface area contributed by atoms with Crippen LogP contribution in [0.4, 0.5) is 5.69 Å². The summed E-state index contributed by atoms with van der Waals surface area (Å²) in [6, 6.07) is 23.1. The summed E-state index contributed by atoms with van der Waals surface area (Å²) in [7, 11) is 3.98. The lowest BCUT2D eigenvalue weighted by molar-refractivity contribution is 0.819. The average Bonchev–Trinajstić information content (AvgIpc) is 2.72. The summed E-state index contributed by atoms with van der Waals surface area (Å²) in [5.41, 5.74) is 3.59. The van der Waals surface area contributed by atoms with Crippen LogP contribution in [0.3, 0.4) is 0 Å². The largest absolute Gasteiger partial charge is 0.378 e. The third-order valence-corrected chi connectivity index (χ3v) is 5.87. The summed E-state index contributed by atoms with van der Waals surface area (Å²) in [6.07, 6.45) is 0. The van der Waals surface area contributed by atoms with Gasteiger partial charge in [0.1, 0.15) is 0 Å². The van der Waals surface area contributed by atoms with E-state index in [4.69, 9.17) is 16.6 Å². The van der Waals surface area contributed by atoms with Gasteiger partial charge in [0, 0.05) is 30.6 Å². The molecule has 1 heterocycles. The van der Waals surface area contributed by atoms with E-state index in [1.807, 2.05) is 91.8 Å². The minimum atomic E-state index is -0.0678. The molecular formula is C23H20ClN3OS. The third kappa shape index (κ3) is 4.16. The second-order valence-electron chi connectivity index (χ2n) is 6.88. The van der Waals surface area contributed by atoms with Crippen molar-refractivity contribution in [3.05, 3.63) is 93.7 Å². The predicted octanol–water partition coefficient (Wildman–Crippen LogP) is 5.40. The van der Waals surface area contributed by atoms with Crippen molar-refractivity contribution in [2.45, 2.75) is 10.9 Å². The molecule has 0 saturated carbocycles. The standard InChI is InChI=1S/C23H20ClN3OS/c1-26(2)18-10-12-19(13-11-18)27-22(28)20-8-3-4-9-21(20)25-23(27)29-15-16-6-5-7-17(24)14-16/h3-14H,15H2,1-2H3. The number of anilines is 1. The van der Waals surface area contributed by atoms with E-state index in [1.165, 1.54) is 11.8 Å².